The highest BCUT2D eigenvalue weighted by atomic mass is 16.7. The molecule has 3 heteroatoms. The summed E-state index contributed by atoms with van der Waals surface area (Å²) in [5, 5.41) is 0. The smallest absolute Gasteiger partial charge is 0.400 e. The van der Waals surface area contributed by atoms with E-state index in [0.29, 0.717) is 0 Å². The van der Waals surface area contributed by atoms with Crippen LogP contribution in [0.25, 0.3) is 0 Å². The molecule has 0 aromatic heterocycles. The first-order valence-electron chi connectivity index (χ1n) is 4.70. The maximum atomic E-state index is 5.73. The molecule has 0 aromatic carbocycles. The van der Waals surface area contributed by atoms with Crippen LogP contribution in [0.3, 0.4) is 0 Å². The van der Waals surface area contributed by atoms with Crippen LogP contribution in [0.5, 0.6) is 0 Å². The molecule has 0 aromatic rings. The average molecular weight is 181 g/mol. The van der Waals surface area contributed by atoms with Crippen molar-refractivity contribution >= 4 is 7.12 Å². The predicted octanol–water partition coefficient (Wildman–Crippen LogP) is 2.40. The Kier molecular flexibility index (Phi) is 2.88. The Morgan fingerprint density at radius 3 is 2.00 bits per heavy atom. The van der Waals surface area contributed by atoms with Gasteiger partial charge in [0.05, 0.1) is 11.2 Å². The third-order valence-electron chi connectivity index (χ3n) is 2.73. The fraction of sp³-hybridized carbons (Fsp3) is 0.700. The van der Waals surface area contributed by atoms with Crippen LogP contribution < -0.4 is 0 Å². The first kappa shape index (κ1) is 10.8. The van der Waals surface area contributed by atoms with Gasteiger partial charge in [-0.25, -0.2) is 0 Å². The van der Waals surface area contributed by atoms with E-state index in [0.717, 1.165) is 6.42 Å². The molecule has 1 fully saturated rings. The molecule has 1 rings (SSSR count). The summed E-state index contributed by atoms with van der Waals surface area (Å²) < 4.78 is 11.5. The Hall–Kier alpha value is -0.275. The van der Waals surface area contributed by atoms with Crippen molar-refractivity contribution in [3.8, 4) is 0 Å². The fourth-order valence-corrected chi connectivity index (χ4v) is 1.17. The maximum absolute atomic E-state index is 5.73. The lowest BCUT2D eigenvalue weighted by Crippen LogP contribution is -2.41. The van der Waals surface area contributed by atoms with Crippen molar-refractivity contribution in [1.82, 2.24) is 0 Å². The summed E-state index contributed by atoms with van der Waals surface area (Å²) in [6.07, 6.45) is 2.73. The first-order chi connectivity index (χ1) is 5.89. The zero-order valence-electron chi connectivity index (χ0n) is 8.96. The highest BCUT2D eigenvalue weighted by molar-refractivity contribution is 6.51. The van der Waals surface area contributed by atoms with E-state index in [1.54, 1.807) is 0 Å². The largest absolute Gasteiger partial charge is 0.486 e. The SMILES string of the molecule is [CH2]CC=CB1OC(C)(C)C(C)(C)O1. The highest BCUT2D eigenvalue weighted by Crippen LogP contribution is 2.36. The van der Waals surface area contributed by atoms with Crippen LogP contribution in [0.4, 0.5) is 0 Å². The van der Waals surface area contributed by atoms with E-state index in [1.165, 1.54) is 0 Å². The van der Waals surface area contributed by atoms with Gasteiger partial charge in [-0.3, -0.25) is 0 Å². The van der Waals surface area contributed by atoms with Gasteiger partial charge < -0.3 is 9.31 Å². The lowest BCUT2D eigenvalue weighted by molar-refractivity contribution is 0.00578. The quantitative estimate of drug-likeness (QED) is 0.609. The van der Waals surface area contributed by atoms with Gasteiger partial charge in [0.25, 0.3) is 0 Å². The Bertz CT molecular complexity index is 193. The van der Waals surface area contributed by atoms with E-state index in [-0.39, 0.29) is 18.3 Å². The number of hydrogen-bond acceptors (Lipinski definition) is 2. The fourth-order valence-electron chi connectivity index (χ4n) is 1.17. The molecule has 1 aliphatic heterocycles. The van der Waals surface area contributed by atoms with Gasteiger partial charge in [0.1, 0.15) is 0 Å². The zero-order valence-corrected chi connectivity index (χ0v) is 8.96. The molecule has 0 aliphatic carbocycles. The molecule has 0 spiro atoms. The summed E-state index contributed by atoms with van der Waals surface area (Å²) >= 11 is 0. The second-order valence-electron chi connectivity index (χ2n) is 4.34. The van der Waals surface area contributed by atoms with Gasteiger partial charge in [0.2, 0.25) is 0 Å². The van der Waals surface area contributed by atoms with Gasteiger partial charge in [0, 0.05) is 0 Å². The average Bonchev–Trinajstić information content (AvgIpc) is 2.17. The lowest BCUT2D eigenvalue weighted by atomic mass is 9.90. The minimum atomic E-state index is -0.233. The molecule has 0 N–H and O–H groups in total. The topological polar surface area (TPSA) is 18.5 Å². The molecule has 1 aliphatic rings. The summed E-state index contributed by atoms with van der Waals surface area (Å²) in [5.41, 5.74) is -0.466. The highest BCUT2D eigenvalue weighted by Gasteiger charge is 2.49. The predicted molar refractivity (Wildman–Crippen MR) is 55.2 cm³/mol. The molecule has 1 radical (unpaired) electrons. The molecule has 1 heterocycles. The second kappa shape index (κ2) is 3.47. The third kappa shape index (κ3) is 2.15. The summed E-state index contributed by atoms with van der Waals surface area (Å²) in [5.74, 6) is 1.92. The second-order valence-corrected chi connectivity index (χ2v) is 4.34. The number of allylic oxidation sites excluding steroid dienone is 1. The molecule has 2 nitrogen and oxygen atoms in total. The van der Waals surface area contributed by atoms with Gasteiger partial charge in [-0.15, -0.1) is 0 Å². The van der Waals surface area contributed by atoms with Gasteiger partial charge in [-0.05, 0) is 41.0 Å². The standard InChI is InChI=1S/C10H18BO2/c1-6-7-8-11-12-9(2,3)10(4,5)13-11/h7-8H,1,6H2,2-5H3. The van der Waals surface area contributed by atoms with Crippen LogP contribution in [-0.2, 0) is 9.31 Å². The molecule has 0 atom stereocenters. The molecular weight excluding hydrogens is 163 g/mol. The first-order valence-corrected chi connectivity index (χ1v) is 4.70. The minimum absolute atomic E-state index is 0.216. The lowest BCUT2D eigenvalue weighted by Gasteiger charge is -2.32. The molecule has 0 unspecified atom stereocenters. The summed E-state index contributed by atoms with van der Waals surface area (Å²) in [6, 6.07) is 0. The van der Waals surface area contributed by atoms with Crippen LogP contribution in [0.1, 0.15) is 34.1 Å². The zero-order chi connectivity index (χ0) is 10.1. The molecular formula is C10H18BO2. The van der Waals surface area contributed by atoms with Gasteiger partial charge in [-0.2, -0.15) is 0 Å². The molecule has 0 saturated carbocycles. The van der Waals surface area contributed by atoms with Gasteiger partial charge in [0.15, 0.2) is 0 Å². The summed E-state index contributed by atoms with van der Waals surface area (Å²) in [7, 11) is -0.216. The van der Waals surface area contributed by atoms with Crippen LogP contribution in [0.15, 0.2) is 12.1 Å². The van der Waals surface area contributed by atoms with Gasteiger partial charge in [-0.1, -0.05) is 12.1 Å². The van der Waals surface area contributed by atoms with Crippen molar-refractivity contribution in [1.29, 1.82) is 0 Å². The normalized spacial score (nSPS) is 25.8. The molecule has 73 valence electrons. The Labute approximate surface area is 81.4 Å². The Morgan fingerprint density at radius 1 is 1.15 bits per heavy atom. The van der Waals surface area contributed by atoms with Crippen LogP contribution in [-0.4, -0.2) is 18.3 Å². The molecule has 0 bridgehead atoms. The molecule has 13 heavy (non-hydrogen) atoms. The van der Waals surface area contributed by atoms with Crippen LogP contribution in [0.2, 0.25) is 0 Å². The van der Waals surface area contributed by atoms with Gasteiger partial charge >= 0.3 is 7.12 Å². The third-order valence-corrected chi connectivity index (χ3v) is 2.73. The van der Waals surface area contributed by atoms with Crippen molar-refractivity contribution in [2.45, 2.75) is 45.3 Å². The van der Waals surface area contributed by atoms with Crippen molar-refractivity contribution in [3.63, 3.8) is 0 Å². The minimum Gasteiger partial charge on any atom is -0.400 e. The van der Waals surface area contributed by atoms with E-state index < -0.39 is 0 Å². The Morgan fingerprint density at radius 2 is 1.62 bits per heavy atom. The molecule has 1 saturated heterocycles. The van der Waals surface area contributed by atoms with Crippen LogP contribution >= 0.6 is 0 Å². The Balaban J connectivity index is 2.65. The van der Waals surface area contributed by atoms with E-state index in [4.69, 9.17) is 9.31 Å². The van der Waals surface area contributed by atoms with Crippen molar-refractivity contribution in [2.24, 2.45) is 0 Å². The molecule has 0 amide bonds. The van der Waals surface area contributed by atoms with Crippen molar-refractivity contribution in [2.75, 3.05) is 0 Å². The number of rotatable bonds is 2. The monoisotopic (exact) mass is 181 g/mol. The van der Waals surface area contributed by atoms with Crippen molar-refractivity contribution in [3.05, 3.63) is 19.0 Å². The van der Waals surface area contributed by atoms with E-state index in [1.807, 2.05) is 39.7 Å². The number of hydrogen-bond donors (Lipinski definition) is 0. The van der Waals surface area contributed by atoms with Crippen molar-refractivity contribution < 1.29 is 9.31 Å². The van der Waals surface area contributed by atoms with E-state index in [2.05, 4.69) is 6.92 Å². The summed E-state index contributed by atoms with van der Waals surface area (Å²) in [6.45, 7) is 11.9. The van der Waals surface area contributed by atoms with Crippen LogP contribution in [0, 0.1) is 6.92 Å². The van der Waals surface area contributed by atoms with E-state index in [9.17, 15) is 0 Å². The summed E-state index contributed by atoms with van der Waals surface area (Å²) in [4.78, 5) is 0. The van der Waals surface area contributed by atoms with E-state index >= 15 is 0 Å². The maximum Gasteiger partial charge on any atom is 0.486 e.